The number of hydrogen-bond donors (Lipinski definition) is 0. The Kier molecular flexibility index (Phi) is 4.83. The maximum Gasteiger partial charge on any atom is 0.321 e. The number of carbonyl (C=O) groups is 2. The van der Waals surface area contributed by atoms with Crippen LogP contribution >= 0.6 is 0 Å². The van der Waals surface area contributed by atoms with Crippen LogP contribution in [0.25, 0.3) is 0 Å². The molecule has 0 N–H and O–H groups in total. The third kappa shape index (κ3) is 3.08. The predicted octanol–water partition coefficient (Wildman–Crippen LogP) is 3.39. The number of nitrogens with zero attached hydrogens (tertiary/aromatic N) is 1. The summed E-state index contributed by atoms with van der Waals surface area (Å²) in [5.74, 6) is -0.352. The molecule has 2 saturated heterocycles. The number of piperidine rings is 1. The molecule has 27 heavy (non-hydrogen) atoms. The number of ether oxygens (including phenoxy) is 1. The first-order chi connectivity index (χ1) is 13.1. The van der Waals surface area contributed by atoms with Crippen LogP contribution in [-0.4, -0.2) is 35.8 Å². The van der Waals surface area contributed by atoms with E-state index in [9.17, 15) is 9.59 Å². The van der Waals surface area contributed by atoms with Crippen molar-refractivity contribution in [3.63, 3.8) is 0 Å². The molecule has 0 saturated carbocycles. The van der Waals surface area contributed by atoms with Crippen molar-refractivity contribution >= 4 is 11.8 Å². The van der Waals surface area contributed by atoms with Crippen molar-refractivity contribution in [2.45, 2.75) is 44.3 Å². The molecule has 4 rings (SSSR count). The van der Waals surface area contributed by atoms with Crippen molar-refractivity contribution in [3.8, 4) is 0 Å². The second kappa shape index (κ2) is 7.28. The number of methoxy groups -OCH3 is 1. The van der Waals surface area contributed by atoms with Gasteiger partial charge in [-0.1, -0.05) is 60.7 Å². The fourth-order valence-electron chi connectivity index (χ4n) is 4.94. The number of rotatable bonds is 5. The smallest absolute Gasteiger partial charge is 0.321 e. The molecule has 0 aromatic heterocycles. The molecule has 2 aromatic rings. The second-order valence-electron chi connectivity index (χ2n) is 7.66. The van der Waals surface area contributed by atoms with Gasteiger partial charge in [0.2, 0.25) is 0 Å². The summed E-state index contributed by atoms with van der Waals surface area (Å²) in [6.07, 6.45) is 2.63. The van der Waals surface area contributed by atoms with Gasteiger partial charge in [-0.05, 0) is 30.4 Å². The molecule has 2 aliphatic heterocycles. The van der Waals surface area contributed by atoms with Crippen LogP contribution in [0.15, 0.2) is 60.7 Å². The van der Waals surface area contributed by atoms with Gasteiger partial charge in [0, 0.05) is 25.0 Å². The monoisotopic (exact) mass is 363 g/mol. The molecule has 3 atom stereocenters. The van der Waals surface area contributed by atoms with E-state index >= 15 is 0 Å². The van der Waals surface area contributed by atoms with E-state index in [1.54, 1.807) is 0 Å². The molecular weight excluding hydrogens is 338 g/mol. The molecule has 0 radical (unpaired) electrons. The number of carbonyl (C=O) groups excluding carboxylic acids is 2. The van der Waals surface area contributed by atoms with Gasteiger partial charge < -0.3 is 4.74 Å². The largest absolute Gasteiger partial charge is 0.468 e. The molecule has 0 spiro atoms. The third-order valence-electron chi connectivity index (χ3n) is 6.21. The maximum absolute atomic E-state index is 13.3. The third-order valence-corrected chi connectivity index (χ3v) is 6.21. The van der Waals surface area contributed by atoms with Gasteiger partial charge in [0.25, 0.3) is 0 Å². The van der Waals surface area contributed by atoms with E-state index in [2.05, 4.69) is 17.0 Å². The van der Waals surface area contributed by atoms with Crippen LogP contribution in [0.1, 0.15) is 30.4 Å². The van der Waals surface area contributed by atoms with Gasteiger partial charge >= 0.3 is 5.97 Å². The zero-order chi connectivity index (χ0) is 18.9. The van der Waals surface area contributed by atoms with Crippen LogP contribution < -0.4 is 0 Å². The van der Waals surface area contributed by atoms with Crippen molar-refractivity contribution in [2.24, 2.45) is 5.41 Å². The quantitative estimate of drug-likeness (QED) is 0.603. The Morgan fingerprint density at radius 3 is 2.30 bits per heavy atom. The van der Waals surface area contributed by atoms with Gasteiger partial charge in [-0.15, -0.1) is 0 Å². The highest BCUT2D eigenvalue weighted by Crippen LogP contribution is 2.48. The minimum absolute atomic E-state index is 0.0371. The zero-order valence-electron chi connectivity index (χ0n) is 15.6. The molecule has 2 bridgehead atoms. The van der Waals surface area contributed by atoms with Crippen LogP contribution in [0.4, 0.5) is 0 Å². The lowest BCUT2D eigenvalue weighted by molar-refractivity contribution is -0.167. The maximum atomic E-state index is 13.3. The summed E-state index contributed by atoms with van der Waals surface area (Å²) in [5.41, 5.74) is 1.10. The Morgan fingerprint density at radius 1 is 1.04 bits per heavy atom. The van der Waals surface area contributed by atoms with Crippen LogP contribution in [0.2, 0.25) is 0 Å². The van der Waals surface area contributed by atoms with Crippen molar-refractivity contribution in [1.82, 2.24) is 4.90 Å². The van der Waals surface area contributed by atoms with Gasteiger partial charge in [0.15, 0.2) is 5.78 Å². The lowest BCUT2D eigenvalue weighted by Crippen LogP contribution is -2.61. The molecule has 4 nitrogen and oxygen atoms in total. The fourth-order valence-corrected chi connectivity index (χ4v) is 4.94. The summed E-state index contributed by atoms with van der Waals surface area (Å²) in [7, 11) is 1.39. The summed E-state index contributed by atoms with van der Waals surface area (Å²) >= 11 is 0. The average Bonchev–Trinajstić information content (AvgIpc) is 3.02. The van der Waals surface area contributed by atoms with E-state index in [1.165, 1.54) is 12.7 Å². The average molecular weight is 363 g/mol. The minimum Gasteiger partial charge on any atom is -0.468 e. The zero-order valence-corrected chi connectivity index (χ0v) is 15.6. The van der Waals surface area contributed by atoms with E-state index < -0.39 is 5.41 Å². The van der Waals surface area contributed by atoms with Gasteiger partial charge in [0.05, 0.1) is 7.11 Å². The summed E-state index contributed by atoms with van der Waals surface area (Å²) < 4.78 is 5.20. The highest BCUT2D eigenvalue weighted by atomic mass is 16.5. The lowest BCUT2D eigenvalue weighted by Gasteiger charge is -2.45. The Hall–Kier alpha value is -2.46. The number of esters is 1. The normalized spacial score (nSPS) is 27.5. The molecule has 2 fully saturated rings. The number of benzene rings is 2. The van der Waals surface area contributed by atoms with E-state index in [0.29, 0.717) is 12.8 Å². The highest BCUT2D eigenvalue weighted by molar-refractivity contribution is 6.06. The molecule has 4 heteroatoms. The Labute approximate surface area is 160 Å². The van der Waals surface area contributed by atoms with Crippen molar-refractivity contribution in [1.29, 1.82) is 0 Å². The molecule has 0 amide bonds. The highest BCUT2D eigenvalue weighted by Gasteiger charge is 2.61. The molecule has 2 aromatic carbocycles. The molecule has 2 aliphatic rings. The van der Waals surface area contributed by atoms with Gasteiger partial charge in [0.1, 0.15) is 5.41 Å². The van der Waals surface area contributed by atoms with Gasteiger partial charge in [-0.2, -0.15) is 0 Å². The van der Waals surface area contributed by atoms with Gasteiger partial charge in [-0.3, -0.25) is 14.5 Å². The Bertz CT molecular complexity index is 820. The summed E-state index contributed by atoms with van der Waals surface area (Å²) in [4.78, 5) is 28.6. The first kappa shape index (κ1) is 17.9. The first-order valence-corrected chi connectivity index (χ1v) is 9.60. The second-order valence-corrected chi connectivity index (χ2v) is 7.66. The minimum atomic E-state index is -1.11. The lowest BCUT2D eigenvalue weighted by atomic mass is 9.68. The van der Waals surface area contributed by atoms with E-state index in [-0.39, 0.29) is 23.8 Å². The van der Waals surface area contributed by atoms with E-state index in [4.69, 9.17) is 4.74 Å². The topological polar surface area (TPSA) is 46.6 Å². The molecular formula is C23H25NO3. The van der Waals surface area contributed by atoms with Crippen LogP contribution in [-0.2, 0) is 27.3 Å². The number of Topliss-reactive ketones (excluding diaryl/α,β-unsaturated/α-hetero) is 1. The van der Waals surface area contributed by atoms with E-state index in [0.717, 1.165) is 24.9 Å². The van der Waals surface area contributed by atoms with Crippen LogP contribution in [0.3, 0.4) is 0 Å². The molecule has 2 heterocycles. The van der Waals surface area contributed by atoms with Crippen molar-refractivity contribution < 1.29 is 14.3 Å². The summed E-state index contributed by atoms with van der Waals surface area (Å²) in [6.45, 7) is 0.761. The predicted molar refractivity (Wildman–Crippen MR) is 103 cm³/mol. The van der Waals surface area contributed by atoms with Crippen LogP contribution in [0, 0.1) is 5.41 Å². The van der Waals surface area contributed by atoms with Crippen molar-refractivity contribution in [2.75, 3.05) is 7.11 Å². The van der Waals surface area contributed by atoms with Gasteiger partial charge in [-0.25, -0.2) is 0 Å². The summed E-state index contributed by atoms with van der Waals surface area (Å²) in [6, 6.07) is 20.2. The molecule has 3 unspecified atom stereocenters. The van der Waals surface area contributed by atoms with Crippen LogP contribution in [0.5, 0.6) is 0 Å². The Balaban J connectivity index is 1.72. The standard InChI is InChI=1S/C23H25NO3/c1-27-22(26)23(15-17-8-4-2-5-9-17)20-13-12-19(14-21(23)25)24(20)16-18-10-6-3-7-11-18/h2-11,19-20H,12-16H2,1H3. The fraction of sp³-hybridized carbons (Fsp3) is 0.391. The Morgan fingerprint density at radius 2 is 1.67 bits per heavy atom. The number of hydrogen-bond acceptors (Lipinski definition) is 4. The number of ketones is 1. The van der Waals surface area contributed by atoms with Crippen molar-refractivity contribution in [3.05, 3.63) is 71.8 Å². The number of fused-ring (bicyclic) bond motifs is 2. The summed E-state index contributed by atoms with van der Waals surface area (Å²) in [5, 5.41) is 0. The SMILES string of the molecule is COC(=O)C1(Cc2ccccc2)C(=O)CC2CCC1N2Cc1ccccc1. The first-order valence-electron chi connectivity index (χ1n) is 9.60. The van der Waals surface area contributed by atoms with E-state index in [1.807, 2.05) is 48.5 Å². The molecule has 0 aliphatic carbocycles. The molecule has 140 valence electrons.